The molecule has 1 aromatic rings. The number of rotatable bonds is 3. The van der Waals surface area contributed by atoms with Gasteiger partial charge in [-0.05, 0) is 19.1 Å². The van der Waals surface area contributed by atoms with Crippen LogP contribution >= 0.6 is 0 Å². The lowest BCUT2D eigenvalue weighted by Crippen LogP contribution is -2.25. The second kappa shape index (κ2) is 4.04. The van der Waals surface area contributed by atoms with Gasteiger partial charge in [0.2, 0.25) is 0 Å². The zero-order valence-electron chi connectivity index (χ0n) is 7.42. The summed E-state index contributed by atoms with van der Waals surface area (Å²) in [5, 5.41) is 11.0. The summed E-state index contributed by atoms with van der Waals surface area (Å²) < 4.78 is 25.1. The summed E-state index contributed by atoms with van der Waals surface area (Å²) in [6, 6.07) is 2.28. The average Bonchev–Trinajstić information content (AvgIpc) is 2.11. The van der Waals surface area contributed by atoms with Crippen molar-refractivity contribution in [1.29, 1.82) is 0 Å². The highest BCUT2D eigenvalue weighted by Gasteiger charge is 2.11. The van der Waals surface area contributed by atoms with E-state index in [-0.39, 0.29) is 5.69 Å². The van der Waals surface area contributed by atoms with E-state index < -0.39 is 23.6 Å². The zero-order valence-corrected chi connectivity index (χ0v) is 7.42. The van der Waals surface area contributed by atoms with Crippen molar-refractivity contribution in [2.75, 3.05) is 5.32 Å². The molecule has 0 aliphatic heterocycles. The van der Waals surface area contributed by atoms with Gasteiger partial charge in [-0.2, -0.15) is 0 Å². The molecule has 2 N–H and O–H groups in total. The molecule has 0 saturated carbocycles. The molecule has 0 unspecified atom stereocenters. The molecule has 1 rings (SSSR count). The number of halogens is 2. The van der Waals surface area contributed by atoms with E-state index in [1.807, 2.05) is 0 Å². The normalized spacial score (nSPS) is 12.2. The maximum Gasteiger partial charge on any atom is 0.325 e. The highest BCUT2D eigenvalue weighted by molar-refractivity contribution is 5.76. The predicted molar refractivity (Wildman–Crippen MR) is 47.1 cm³/mol. The van der Waals surface area contributed by atoms with Gasteiger partial charge in [-0.1, -0.05) is 0 Å². The molecule has 0 aliphatic carbocycles. The minimum absolute atomic E-state index is 0.235. The van der Waals surface area contributed by atoms with Crippen LogP contribution in [0.2, 0.25) is 0 Å². The van der Waals surface area contributed by atoms with Crippen LogP contribution in [0.5, 0.6) is 0 Å². The van der Waals surface area contributed by atoms with Crippen LogP contribution in [0, 0.1) is 11.6 Å². The molecule has 0 fully saturated rings. The van der Waals surface area contributed by atoms with Crippen LogP contribution < -0.4 is 5.32 Å². The molecule has 76 valence electrons. The molecule has 0 heterocycles. The highest BCUT2D eigenvalue weighted by Crippen LogP contribution is 2.13. The fraction of sp³-hybridized carbons (Fsp3) is 0.222. The van der Waals surface area contributed by atoms with Gasteiger partial charge in [0, 0.05) is 11.8 Å². The number of aliphatic carboxylic acids is 1. The van der Waals surface area contributed by atoms with E-state index in [2.05, 4.69) is 5.32 Å². The maximum atomic E-state index is 12.7. The molecule has 0 aromatic heterocycles. The monoisotopic (exact) mass is 201 g/mol. The van der Waals surface area contributed by atoms with Gasteiger partial charge in [0.25, 0.3) is 0 Å². The number of carbonyl (C=O) groups is 1. The van der Waals surface area contributed by atoms with Crippen molar-refractivity contribution >= 4 is 11.7 Å². The number of hydrogen-bond acceptors (Lipinski definition) is 2. The number of carboxylic acids is 1. The summed E-state index contributed by atoms with van der Waals surface area (Å²) in [7, 11) is 0. The average molecular weight is 201 g/mol. The van der Waals surface area contributed by atoms with Crippen LogP contribution in [0.25, 0.3) is 0 Å². The van der Waals surface area contributed by atoms with Crippen LogP contribution in [-0.4, -0.2) is 17.1 Å². The Labute approximate surface area is 79.4 Å². The largest absolute Gasteiger partial charge is 0.480 e. The molecule has 14 heavy (non-hydrogen) atoms. The molecule has 1 atom stereocenters. The van der Waals surface area contributed by atoms with E-state index in [0.717, 1.165) is 12.1 Å². The first kappa shape index (κ1) is 10.4. The molecule has 0 spiro atoms. The van der Waals surface area contributed by atoms with E-state index in [9.17, 15) is 13.6 Å². The van der Waals surface area contributed by atoms with Gasteiger partial charge >= 0.3 is 5.97 Å². The summed E-state index contributed by atoms with van der Waals surface area (Å²) in [5.74, 6) is -3.03. The molecular weight excluding hydrogens is 192 g/mol. The summed E-state index contributed by atoms with van der Waals surface area (Å²) >= 11 is 0. The first-order valence-corrected chi connectivity index (χ1v) is 3.95. The van der Waals surface area contributed by atoms with Gasteiger partial charge in [-0.3, -0.25) is 4.79 Å². The summed E-state index contributed by atoms with van der Waals surface area (Å²) in [5.41, 5.74) is 0.235. The second-order valence-corrected chi connectivity index (χ2v) is 2.83. The molecule has 0 amide bonds. The van der Waals surface area contributed by atoms with E-state index >= 15 is 0 Å². The van der Waals surface area contributed by atoms with E-state index in [1.54, 1.807) is 0 Å². The number of hydrogen-bond donors (Lipinski definition) is 2. The summed E-state index contributed by atoms with van der Waals surface area (Å²) in [6.07, 6.45) is 0. The molecule has 3 nitrogen and oxygen atoms in total. The number of nitrogens with one attached hydrogen (secondary N) is 1. The van der Waals surface area contributed by atoms with E-state index in [0.29, 0.717) is 0 Å². The number of anilines is 1. The smallest absolute Gasteiger partial charge is 0.325 e. The van der Waals surface area contributed by atoms with Gasteiger partial charge < -0.3 is 10.4 Å². The first-order valence-electron chi connectivity index (χ1n) is 3.95. The lowest BCUT2D eigenvalue weighted by Gasteiger charge is -2.10. The van der Waals surface area contributed by atoms with Gasteiger partial charge in [-0.25, -0.2) is 8.78 Å². The van der Waals surface area contributed by atoms with Crippen LogP contribution in [0.1, 0.15) is 6.92 Å². The number of benzene rings is 1. The van der Waals surface area contributed by atoms with Crippen molar-refractivity contribution in [1.82, 2.24) is 0 Å². The molecule has 1 aromatic carbocycles. The van der Waals surface area contributed by atoms with Crippen molar-refractivity contribution in [3.05, 3.63) is 29.8 Å². The maximum absolute atomic E-state index is 12.7. The topological polar surface area (TPSA) is 49.3 Å². The van der Waals surface area contributed by atoms with E-state index in [1.165, 1.54) is 13.0 Å². The molecule has 0 aliphatic rings. The van der Waals surface area contributed by atoms with Crippen molar-refractivity contribution in [3.8, 4) is 0 Å². The van der Waals surface area contributed by atoms with Crippen LogP contribution in [0.4, 0.5) is 14.5 Å². The highest BCUT2D eigenvalue weighted by atomic mass is 19.2. The molecule has 0 saturated heterocycles. The number of carboxylic acid groups (broad SMARTS) is 1. The third kappa shape index (κ3) is 2.42. The van der Waals surface area contributed by atoms with E-state index in [4.69, 9.17) is 5.11 Å². The Bertz CT molecular complexity index is 355. The standard InChI is InChI=1S/C9H9F2NO2/c1-5(9(13)14)12-6-2-3-7(10)8(11)4-6/h2-5,12H,1H3,(H,13,14)/t5-/m1/s1. The minimum Gasteiger partial charge on any atom is -0.480 e. The van der Waals surface area contributed by atoms with Crippen LogP contribution in [0.15, 0.2) is 18.2 Å². The first-order chi connectivity index (χ1) is 6.50. The summed E-state index contributed by atoms with van der Waals surface area (Å²) in [4.78, 5) is 10.4. The summed E-state index contributed by atoms with van der Waals surface area (Å²) in [6.45, 7) is 1.41. The van der Waals surface area contributed by atoms with Gasteiger partial charge in [-0.15, -0.1) is 0 Å². The quantitative estimate of drug-likeness (QED) is 0.784. The molecular formula is C9H9F2NO2. The lowest BCUT2D eigenvalue weighted by molar-refractivity contribution is -0.137. The van der Waals surface area contributed by atoms with Crippen molar-refractivity contribution in [2.24, 2.45) is 0 Å². The Kier molecular flexibility index (Phi) is 3.01. The van der Waals surface area contributed by atoms with Crippen LogP contribution in [0.3, 0.4) is 0 Å². The Morgan fingerprint density at radius 1 is 1.43 bits per heavy atom. The van der Waals surface area contributed by atoms with Crippen molar-refractivity contribution < 1.29 is 18.7 Å². The Morgan fingerprint density at radius 3 is 2.57 bits per heavy atom. The third-order valence-corrected chi connectivity index (χ3v) is 1.67. The van der Waals surface area contributed by atoms with Crippen molar-refractivity contribution in [2.45, 2.75) is 13.0 Å². The van der Waals surface area contributed by atoms with Gasteiger partial charge in [0.1, 0.15) is 6.04 Å². The fourth-order valence-corrected chi connectivity index (χ4v) is 0.898. The Hall–Kier alpha value is -1.65. The molecule has 5 heteroatoms. The second-order valence-electron chi connectivity index (χ2n) is 2.83. The fourth-order valence-electron chi connectivity index (χ4n) is 0.898. The SMILES string of the molecule is C[C@@H](Nc1ccc(F)c(F)c1)C(=O)O. The third-order valence-electron chi connectivity index (χ3n) is 1.67. The zero-order chi connectivity index (χ0) is 10.7. The minimum atomic E-state index is -1.06. The van der Waals surface area contributed by atoms with Gasteiger partial charge in [0.15, 0.2) is 11.6 Å². The Balaban J connectivity index is 2.78. The van der Waals surface area contributed by atoms with Crippen molar-refractivity contribution in [3.63, 3.8) is 0 Å². The Morgan fingerprint density at radius 2 is 2.07 bits per heavy atom. The predicted octanol–water partition coefficient (Wildman–Crippen LogP) is 1.85. The molecule has 0 bridgehead atoms. The van der Waals surface area contributed by atoms with Crippen LogP contribution in [-0.2, 0) is 4.79 Å². The lowest BCUT2D eigenvalue weighted by atomic mass is 10.2. The molecule has 0 radical (unpaired) electrons. The van der Waals surface area contributed by atoms with Gasteiger partial charge in [0.05, 0.1) is 0 Å².